The second kappa shape index (κ2) is 5.29. The van der Waals surface area contributed by atoms with E-state index in [4.69, 9.17) is 20.8 Å². The molecule has 0 saturated carbocycles. The molecule has 0 bridgehead atoms. The number of hydrogen-bond acceptors (Lipinski definition) is 5. The Labute approximate surface area is 121 Å². The van der Waals surface area contributed by atoms with Crippen LogP contribution in [0.2, 0.25) is 0 Å². The van der Waals surface area contributed by atoms with Crippen LogP contribution in [-0.4, -0.2) is 11.5 Å². The number of fused-ring (bicyclic) bond motifs is 3. The Morgan fingerprint density at radius 2 is 2.19 bits per heavy atom. The highest BCUT2D eigenvalue weighted by molar-refractivity contribution is 6.45. The Kier molecular flexibility index (Phi) is 3.32. The summed E-state index contributed by atoms with van der Waals surface area (Å²) in [7, 11) is 0. The molecule has 0 fully saturated rings. The number of benzene rings is 1. The average Bonchev–Trinajstić information content (AvgIpc) is 2.87. The summed E-state index contributed by atoms with van der Waals surface area (Å²) in [6.45, 7) is 0. The van der Waals surface area contributed by atoms with Crippen molar-refractivity contribution in [3.8, 4) is 6.07 Å². The normalized spacial score (nSPS) is 14.5. The molecule has 6 nitrogen and oxygen atoms in total. The van der Waals surface area contributed by atoms with Gasteiger partial charge in [0.05, 0.1) is 5.69 Å². The summed E-state index contributed by atoms with van der Waals surface area (Å²) in [5.74, 6) is 0.678. The Morgan fingerprint density at radius 3 is 2.95 bits per heavy atom. The lowest BCUT2D eigenvalue weighted by molar-refractivity contribution is 0.506. The zero-order chi connectivity index (χ0) is 14.8. The molecule has 21 heavy (non-hydrogen) atoms. The van der Waals surface area contributed by atoms with E-state index in [0.29, 0.717) is 5.69 Å². The number of nitriles is 1. The maximum atomic E-state index is 8.86. The van der Waals surface area contributed by atoms with Gasteiger partial charge in [-0.05, 0) is 25.3 Å². The summed E-state index contributed by atoms with van der Waals surface area (Å²) >= 11 is 0. The van der Waals surface area contributed by atoms with Gasteiger partial charge in [-0.2, -0.15) is 10.4 Å². The van der Waals surface area contributed by atoms with Crippen LogP contribution in [-0.2, 0) is 12.8 Å². The number of nitrogens with zero attached hydrogens (tertiary/aromatic N) is 2. The molecule has 1 aromatic heterocycles. The van der Waals surface area contributed by atoms with E-state index in [1.807, 2.05) is 18.2 Å². The first-order valence-corrected chi connectivity index (χ1v) is 6.82. The Morgan fingerprint density at radius 1 is 1.38 bits per heavy atom. The molecule has 0 aliphatic heterocycles. The van der Waals surface area contributed by atoms with E-state index in [1.165, 1.54) is 12.0 Å². The molecule has 0 atom stereocenters. The molecular formula is C15H15N5O. The molecular weight excluding hydrogens is 266 g/mol. The van der Waals surface area contributed by atoms with Crippen LogP contribution in [0.4, 0.5) is 5.69 Å². The molecule has 1 aliphatic carbocycles. The van der Waals surface area contributed by atoms with Gasteiger partial charge in [0.2, 0.25) is 5.71 Å². The SMILES string of the molecule is N#C/C(=N\Nc1cccc2c3c(oc12)CCCC3)C(=N)N. The van der Waals surface area contributed by atoms with Gasteiger partial charge in [-0.3, -0.25) is 10.8 Å². The fourth-order valence-electron chi connectivity index (χ4n) is 2.63. The topological polar surface area (TPSA) is 111 Å². The van der Waals surface area contributed by atoms with Gasteiger partial charge in [0.25, 0.3) is 0 Å². The van der Waals surface area contributed by atoms with Gasteiger partial charge in [-0.15, -0.1) is 0 Å². The zero-order valence-electron chi connectivity index (χ0n) is 11.4. The number of hydrazone groups is 1. The van der Waals surface area contributed by atoms with Crippen LogP contribution in [0, 0.1) is 16.7 Å². The molecule has 0 unspecified atom stereocenters. The van der Waals surface area contributed by atoms with E-state index in [-0.39, 0.29) is 11.5 Å². The lowest BCUT2D eigenvalue weighted by Crippen LogP contribution is -2.21. The van der Waals surface area contributed by atoms with Gasteiger partial charge >= 0.3 is 0 Å². The van der Waals surface area contributed by atoms with Gasteiger partial charge in [0.15, 0.2) is 11.4 Å². The predicted molar refractivity (Wildman–Crippen MR) is 81.4 cm³/mol. The van der Waals surface area contributed by atoms with E-state index in [9.17, 15) is 0 Å². The first kappa shape index (κ1) is 13.2. The number of hydrogen-bond donors (Lipinski definition) is 3. The monoisotopic (exact) mass is 281 g/mol. The molecule has 1 aliphatic rings. The van der Waals surface area contributed by atoms with Gasteiger partial charge in [0, 0.05) is 17.4 Å². The standard InChI is InChI=1S/C15H15N5O/c16-8-12(15(17)18)20-19-11-6-3-5-10-9-4-1-2-7-13(9)21-14(10)11/h3,5-6,19H,1-2,4,7H2,(H3,17,18)/b20-12+. The van der Waals surface area contributed by atoms with Crippen LogP contribution in [0.25, 0.3) is 11.0 Å². The van der Waals surface area contributed by atoms with Crippen molar-refractivity contribution in [2.24, 2.45) is 10.8 Å². The van der Waals surface area contributed by atoms with Crippen LogP contribution in [0.3, 0.4) is 0 Å². The quantitative estimate of drug-likeness (QED) is 0.456. The first-order chi connectivity index (χ1) is 10.2. The lowest BCUT2D eigenvalue weighted by atomic mass is 9.96. The van der Waals surface area contributed by atoms with Crippen LogP contribution >= 0.6 is 0 Å². The molecule has 0 amide bonds. The summed E-state index contributed by atoms with van der Waals surface area (Å²) in [6.07, 6.45) is 4.33. The molecule has 2 aromatic rings. The minimum absolute atomic E-state index is 0.150. The summed E-state index contributed by atoms with van der Waals surface area (Å²) in [6, 6.07) is 7.56. The minimum atomic E-state index is -0.365. The van der Waals surface area contributed by atoms with Crippen molar-refractivity contribution < 1.29 is 4.42 Å². The first-order valence-electron chi connectivity index (χ1n) is 6.82. The number of nitrogens with two attached hydrogens (primary N) is 1. The molecule has 4 N–H and O–H groups in total. The maximum Gasteiger partial charge on any atom is 0.201 e. The Hall–Kier alpha value is -2.81. The lowest BCUT2D eigenvalue weighted by Gasteiger charge is -2.08. The molecule has 0 saturated heterocycles. The van der Waals surface area contributed by atoms with Gasteiger partial charge in [0.1, 0.15) is 11.8 Å². The van der Waals surface area contributed by atoms with E-state index < -0.39 is 0 Å². The van der Waals surface area contributed by atoms with Crippen LogP contribution in [0.5, 0.6) is 0 Å². The van der Waals surface area contributed by atoms with Gasteiger partial charge in [-0.1, -0.05) is 12.1 Å². The van der Waals surface area contributed by atoms with Crippen LogP contribution in [0.1, 0.15) is 24.2 Å². The molecule has 6 heteroatoms. The van der Waals surface area contributed by atoms with Gasteiger partial charge < -0.3 is 10.2 Å². The highest BCUT2D eigenvalue weighted by atomic mass is 16.3. The van der Waals surface area contributed by atoms with E-state index in [0.717, 1.165) is 36.0 Å². The summed E-state index contributed by atoms with van der Waals surface area (Å²) in [5.41, 5.74) is 10.6. The molecule has 1 aromatic carbocycles. The predicted octanol–water partition coefficient (Wildman–Crippen LogP) is 2.54. The van der Waals surface area contributed by atoms with Crippen molar-refractivity contribution in [1.82, 2.24) is 0 Å². The second-order valence-corrected chi connectivity index (χ2v) is 4.99. The smallest absolute Gasteiger partial charge is 0.201 e. The molecule has 1 heterocycles. The minimum Gasteiger partial charge on any atom is -0.459 e. The number of amidine groups is 1. The third kappa shape index (κ3) is 2.34. The number of furan rings is 1. The van der Waals surface area contributed by atoms with Crippen LogP contribution < -0.4 is 11.2 Å². The van der Waals surface area contributed by atoms with Crippen LogP contribution in [0.15, 0.2) is 27.7 Å². The van der Waals surface area contributed by atoms with Gasteiger partial charge in [-0.25, -0.2) is 0 Å². The third-order valence-electron chi connectivity index (χ3n) is 3.63. The van der Waals surface area contributed by atoms with Crippen molar-refractivity contribution in [3.05, 3.63) is 29.5 Å². The highest BCUT2D eigenvalue weighted by Gasteiger charge is 2.19. The van der Waals surface area contributed by atoms with E-state index in [1.54, 1.807) is 6.07 Å². The molecule has 3 rings (SSSR count). The maximum absolute atomic E-state index is 8.86. The number of para-hydroxylation sites is 1. The Balaban J connectivity index is 2.02. The summed E-state index contributed by atoms with van der Waals surface area (Å²) < 4.78 is 5.95. The van der Waals surface area contributed by atoms with Crippen molar-refractivity contribution in [1.29, 1.82) is 10.7 Å². The third-order valence-corrected chi connectivity index (χ3v) is 3.63. The molecule has 0 radical (unpaired) electrons. The zero-order valence-corrected chi connectivity index (χ0v) is 11.4. The fourth-order valence-corrected chi connectivity index (χ4v) is 2.63. The number of aryl methyl sites for hydroxylation is 2. The van der Waals surface area contributed by atoms with Crippen molar-refractivity contribution in [2.45, 2.75) is 25.7 Å². The van der Waals surface area contributed by atoms with Crippen molar-refractivity contribution in [3.63, 3.8) is 0 Å². The molecule has 106 valence electrons. The number of nitrogens with one attached hydrogen (secondary N) is 2. The fraction of sp³-hybridized carbons (Fsp3) is 0.267. The van der Waals surface area contributed by atoms with E-state index in [2.05, 4.69) is 10.5 Å². The second-order valence-electron chi connectivity index (χ2n) is 4.99. The molecule has 0 spiro atoms. The van der Waals surface area contributed by atoms with E-state index >= 15 is 0 Å². The summed E-state index contributed by atoms with van der Waals surface area (Å²) in [5, 5.41) is 21.1. The summed E-state index contributed by atoms with van der Waals surface area (Å²) in [4.78, 5) is 0. The number of anilines is 1. The largest absolute Gasteiger partial charge is 0.459 e. The van der Waals surface area contributed by atoms with Crippen molar-refractivity contribution >= 4 is 28.2 Å². The van der Waals surface area contributed by atoms with Crippen molar-refractivity contribution in [2.75, 3.05) is 5.43 Å². The highest BCUT2D eigenvalue weighted by Crippen LogP contribution is 2.35. The Bertz CT molecular complexity index is 781. The number of rotatable bonds is 3. The average molecular weight is 281 g/mol.